The van der Waals surface area contributed by atoms with Crippen molar-refractivity contribution in [3.8, 4) is 0 Å². The number of fused-ring (bicyclic) bond motifs is 1. The molecule has 0 spiro atoms. The van der Waals surface area contributed by atoms with Crippen LogP contribution in [0.4, 0.5) is 15.6 Å². The molecule has 1 aromatic heterocycles. The van der Waals surface area contributed by atoms with Crippen molar-refractivity contribution in [3.05, 3.63) is 54.0 Å². The van der Waals surface area contributed by atoms with Gasteiger partial charge in [-0.15, -0.1) is 11.3 Å². The Morgan fingerprint density at radius 1 is 1.03 bits per heavy atom. The fourth-order valence-corrected chi connectivity index (χ4v) is 4.60. The first-order chi connectivity index (χ1) is 14.5. The van der Waals surface area contributed by atoms with Crippen LogP contribution in [0.1, 0.15) is 6.42 Å². The summed E-state index contributed by atoms with van der Waals surface area (Å²) in [7, 11) is 0. The Balaban J connectivity index is 1.38. The number of hydrogen-bond donors (Lipinski definition) is 2. The Hall–Kier alpha value is -3.24. The van der Waals surface area contributed by atoms with Gasteiger partial charge in [-0.25, -0.2) is 4.98 Å². The fourth-order valence-electron chi connectivity index (χ4n) is 3.06. The molecule has 3 aromatic rings. The van der Waals surface area contributed by atoms with Crippen molar-refractivity contribution >= 4 is 67.7 Å². The van der Waals surface area contributed by atoms with Gasteiger partial charge in [0.25, 0.3) is 5.24 Å². The third-order valence-electron chi connectivity index (χ3n) is 4.42. The monoisotopic (exact) mass is 440 g/mol. The second-order valence-electron chi connectivity index (χ2n) is 6.46. The number of rotatable bonds is 6. The van der Waals surface area contributed by atoms with Gasteiger partial charge < -0.3 is 10.6 Å². The molecule has 0 saturated carbocycles. The van der Waals surface area contributed by atoms with E-state index in [2.05, 4.69) is 15.6 Å². The molecular weight excluding hydrogens is 424 g/mol. The van der Waals surface area contributed by atoms with E-state index in [4.69, 9.17) is 0 Å². The predicted octanol–water partition coefficient (Wildman–Crippen LogP) is 3.33. The molecule has 0 aliphatic carbocycles. The van der Waals surface area contributed by atoms with Crippen molar-refractivity contribution in [1.29, 1.82) is 0 Å². The van der Waals surface area contributed by atoms with Crippen LogP contribution in [-0.2, 0) is 14.4 Å². The Labute approximate surface area is 179 Å². The van der Waals surface area contributed by atoms with Gasteiger partial charge >= 0.3 is 0 Å². The maximum atomic E-state index is 12.6. The molecule has 10 heteroatoms. The van der Waals surface area contributed by atoms with Crippen LogP contribution in [0, 0.1) is 0 Å². The highest BCUT2D eigenvalue weighted by molar-refractivity contribution is 8.15. The van der Waals surface area contributed by atoms with E-state index >= 15 is 0 Å². The first-order valence-corrected chi connectivity index (χ1v) is 10.8. The zero-order valence-electron chi connectivity index (χ0n) is 15.5. The van der Waals surface area contributed by atoms with Crippen molar-refractivity contribution in [1.82, 2.24) is 9.88 Å². The van der Waals surface area contributed by atoms with Crippen LogP contribution < -0.4 is 10.6 Å². The topological polar surface area (TPSA) is 108 Å². The summed E-state index contributed by atoms with van der Waals surface area (Å²) in [5, 5.41) is 7.90. The Morgan fingerprint density at radius 2 is 1.83 bits per heavy atom. The smallest absolute Gasteiger partial charge is 0.289 e. The zero-order chi connectivity index (χ0) is 21.1. The molecule has 2 aromatic carbocycles. The van der Waals surface area contributed by atoms with E-state index in [0.717, 1.165) is 27.4 Å². The minimum absolute atomic E-state index is 0.170. The van der Waals surface area contributed by atoms with Crippen LogP contribution in [0.25, 0.3) is 10.8 Å². The molecule has 1 atom stereocenters. The van der Waals surface area contributed by atoms with E-state index in [0.29, 0.717) is 10.8 Å². The van der Waals surface area contributed by atoms with Crippen molar-refractivity contribution in [2.45, 2.75) is 11.7 Å². The molecule has 1 aliphatic heterocycles. The average Bonchev–Trinajstić information content (AvgIpc) is 3.32. The van der Waals surface area contributed by atoms with E-state index in [1.165, 1.54) is 11.3 Å². The second-order valence-corrected chi connectivity index (χ2v) is 8.51. The quantitative estimate of drug-likeness (QED) is 0.609. The van der Waals surface area contributed by atoms with E-state index in [9.17, 15) is 19.2 Å². The summed E-state index contributed by atoms with van der Waals surface area (Å²) in [6.07, 6.45) is 1.38. The molecule has 1 saturated heterocycles. The largest absolute Gasteiger partial charge is 0.324 e. The number of thioether (sulfide) groups is 1. The number of amides is 4. The molecule has 2 N–H and O–H groups in total. The van der Waals surface area contributed by atoms with Crippen LogP contribution in [0.5, 0.6) is 0 Å². The lowest BCUT2D eigenvalue weighted by atomic mass is 10.1. The lowest BCUT2D eigenvalue weighted by Gasteiger charge is -2.14. The third kappa shape index (κ3) is 4.34. The van der Waals surface area contributed by atoms with Crippen LogP contribution in [0.15, 0.2) is 54.0 Å². The van der Waals surface area contributed by atoms with Crippen LogP contribution in [0.2, 0.25) is 0 Å². The Morgan fingerprint density at radius 3 is 2.63 bits per heavy atom. The third-order valence-corrected chi connectivity index (χ3v) is 6.18. The number of carbonyl (C=O) groups is 4. The summed E-state index contributed by atoms with van der Waals surface area (Å²) >= 11 is 2.01. The average molecular weight is 441 g/mol. The van der Waals surface area contributed by atoms with Gasteiger partial charge in [0, 0.05) is 29.1 Å². The lowest BCUT2D eigenvalue weighted by molar-refractivity contribution is -0.131. The normalized spacial score (nSPS) is 16.1. The second kappa shape index (κ2) is 8.64. The molecule has 2 heterocycles. The number of thiazole rings is 1. The number of aromatic nitrogens is 1. The number of nitrogens with one attached hydrogen (secondary N) is 2. The molecule has 0 bridgehead atoms. The summed E-state index contributed by atoms with van der Waals surface area (Å²) < 4.78 is 0. The maximum Gasteiger partial charge on any atom is 0.289 e. The highest BCUT2D eigenvalue weighted by atomic mass is 32.2. The molecule has 4 amide bonds. The molecule has 8 nitrogen and oxygen atoms in total. The minimum atomic E-state index is -0.859. The maximum absolute atomic E-state index is 12.6. The number of benzene rings is 2. The zero-order valence-corrected chi connectivity index (χ0v) is 17.2. The number of nitrogens with zero attached hydrogens (tertiary/aromatic N) is 2. The molecule has 1 aliphatic rings. The molecule has 4 rings (SSSR count). The van der Waals surface area contributed by atoms with Gasteiger partial charge in [0.2, 0.25) is 17.7 Å². The van der Waals surface area contributed by atoms with Gasteiger partial charge in [-0.2, -0.15) is 0 Å². The summed E-state index contributed by atoms with van der Waals surface area (Å²) in [6, 6.07) is 13.1. The number of carbonyl (C=O) groups excluding carboxylic acids is 4. The number of anilines is 2. The summed E-state index contributed by atoms with van der Waals surface area (Å²) in [6.45, 7) is -0.404. The Bertz CT molecular complexity index is 1130. The molecule has 30 heavy (non-hydrogen) atoms. The molecule has 0 radical (unpaired) electrons. The van der Waals surface area contributed by atoms with Crippen LogP contribution in [0.3, 0.4) is 0 Å². The van der Waals surface area contributed by atoms with Gasteiger partial charge in [0.15, 0.2) is 5.13 Å². The van der Waals surface area contributed by atoms with Crippen molar-refractivity contribution in [3.63, 3.8) is 0 Å². The van der Waals surface area contributed by atoms with E-state index in [-0.39, 0.29) is 6.42 Å². The number of imide groups is 1. The SMILES string of the molecule is O=C(CC1SC(=O)N(CC(=O)Nc2cccc3ccccc23)C1=O)Nc1nccs1. The first kappa shape index (κ1) is 20.0. The van der Waals surface area contributed by atoms with E-state index in [1.54, 1.807) is 17.6 Å². The van der Waals surface area contributed by atoms with E-state index in [1.807, 2.05) is 36.4 Å². The fraction of sp³-hybridized carbons (Fsp3) is 0.150. The lowest BCUT2D eigenvalue weighted by Crippen LogP contribution is -2.38. The predicted molar refractivity (Wildman–Crippen MR) is 116 cm³/mol. The van der Waals surface area contributed by atoms with Crippen LogP contribution >= 0.6 is 23.1 Å². The summed E-state index contributed by atoms with van der Waals surface area (Å²) in [5.41, 5.74) is 0.601. The Kier molecular flexibility index (Phi) is 5.77. The van der Waals surface area contributed by atoms with Crippen molar-refractivity contribution in [2.75, 3.05) is 17.2 Å². The van der Waals surface area contributed by atoms with Gasteiger partial charge in [-0.1, -0.05) is 48.2 Å². The molecule has 152 valence electrons. The first-order valence-electron chi connectivity index (χ1n) is 9.00. The standard InChI is InChI=1S/C20H16N4O4S2/c25-16(23-19-21-8-9-29-19)10-15-18(27)24(20(28)30-15)11-17(26)22-14-7-3-5-12-4-1-2-6-13(12)14/h1-9,15H,10-11H2,(H,22,26)(H,21,23,25). The molecule has 1 unspecified atom stereocenters. The van der Waals surface area contributed by atoms with Gasteiger partial charge in [-0.3, -0.25) is 24.1 Å². The highest BCUT2D eigenvalue weighted by Gasteiger charge is 2.41. The highest BCUT2D eigenvalue weighted by Crippen LogP contribution is 2.30. The molecular formula is C20H16N4O4S2. The van der Waals surface area contributed by atoms with Gasteiger partial charge in [0.1, 0.15) is 11.8 Å². The van der Waals surface area contributed by atoms with Crippen molar-refractivity contribution < 1.29 is 19.2 Å². The van der Waals surface area contributed by atoms with Crippen molar-refractivity contribution in [2.24, 2.45) is 0 Å². The van der Waals surface area contributed by atoms with E-state index < -0.39 is 34.8 Å². The number of hydrogen-bond acceptors (Lipinski definition) is 7. The van der Waals surface area contributed by atoms with Crippen LogP contribution in [-0.4, -0.2) is 44.6 Å². The molecule has 1 fully saturated rings. The minimum Gasteiger partial charge on any atom is -0.324 e. The van der Waals surface area contributed by atoms with Gasteiger partial charge in [0.05, 0.1) is 0 Å². The summed E-state index contributed by atoms with van der Waals surface area (Å²) in [5.74, 6) is -1.44. The summed E-state index contributed by atoms with van der Waals surface area (Å²) in [4.78, 5) is 54.2. The van der Waals surface area contributed by atoms with Gasteiger partial charge in [-0.05, 0) is 11.5 Å².